The predicted octanol–water partition coefficient (Wildman–Crippen LogP) is 5.28. The number of carbonyl (C=O) groups is 1. The van der Waals surface area contributed by atoms with E-state index in [0.717, 1.165) is 42.3 Å². The van der Waals surface area contributed by atoms with E-state index in [1.165, 1.54) is 17.7 Å². The average molecular weight is 411 g/mol. The van der Waals surface area contributed by atoms with Crippen LogP contribution in [-0.2, 0) is 23.8 Å². The van der Waals surface area contributed by atoms with Crippen LogP contribution in [0.3, 0.4) is 0 Å². The molecule has 0 unspecified atom stereocenters. The Morgan fingerprint density at radius 2 is 2.04 bits per heavy atom. The van der Waals surface area contributed by atoms with Crippen LogP contribution >= 0.6 is 11.3 Å². The molecule has 0 saturated heterocycles. The van der Waals surface area contributed by atoms with Crippen LogP contribution in [0.15, 0.2) is 40.9 Å². The molecule has 0 saturated carbocycles. The minimum Gasteiger partial charge on any atom is -0.489 e. The van der Waals surface area contributed by atoms with Gasteiger partial charge in [-0.15, -0.1) is 11.3 Å². The summed E-state index contributed by atoms with van der Waals surface area (Å²) in [7, 11) is 0. The van der Waals surface area contributed by atoms with Crippen LogP contribution in [0.25, 0.3) is 0 Å². The first-order valence-electron chi connectivity index (χ1n) is 8.96. The molecule has 0 radical (unpaired) electrons. The first kappa shape index (κ1) is 20.4. The number of carboxylic acids is 1. The van der Waals surface area contributed by atoms with E-state index < -0.39 is 17.7 Å². The number of hydrogen-bond donors (Lipinski definition) is 1. The van der Waals surface area contributed by atoms with E-state index in [9.17, 15) is 18.0 Å². The standard InChI is InChI=1S/C20H20F3NO3S/c21-20(22,23)17-11-16(6-4-13(17)5-7-19(25)26)27-12-15-3-1-2-14(15)10-18-24-8-9-28-18/h4,6,8-9,11H,1-3,5,7,10,12H2,(H,25,26). The van der Waals surface area contributed by atoms with Crippen molar-refractivity contribution in [2.45, 2.75) is 44.7 Å². The molecule has 0 spiro atoms. The summed E-state index contributed by atoms with van der Waals surface area (Å²) in [6.07, 6.45) is 0.291. The number of alkyl halides is 3. The minimum absolute atomic E-state index is 0.0354. The molecule has 8 heteroatoms. The topological polar surface area (TPSA) is 59.4 Å². The van der Waals surface area contributed by atoms with Crippen LogP contribution in [0.4, 0.5) is 13.2 Å². The number of aromatic nitrogens is 1. The van der Waals surface area contributed by atoms with Gasteiger partial charge in [0.05, 0.1) is 10.6 Å². The molecule has 1 aromatic carbocycles. The second kappa shape index (κ2) is 8.77. The van der Waals surface area contributed by atoms with Crippen molar-refractivity contribution in [3.8, 4) is 5.75 Å². The zero-order valence-electron chi connectivity index (χ0n) is 15.1. The third-order valence-corrected chi connectivity index (χ3v) is 5.49. The Hall–Kier alpha value is -2.35. The highest BCUT2D eigenvalue weighted by molar-refractivity contribution is 7.09. The second-order valence-corrected chi connectivity index (χ2v) is 7.64. The van der Waals surface area contributed by atoms with E-state index in [2.05, 4.69) is 4.98 Å². The number of benzene rings is 1. The third kappa shape index (κ3) is 5.34. The number of allylic oxidation sites excluding steroid dienone is 1. The molecule has 150 valence electrons. The molecule has 1 aliphatic carbocycles. The molecule has 3 rings (SSSR count). The van der Waals surface area contributed by atoms with E-state index in [-0.39, 0.29) is 30.8 Å². The number of aryl methyl sites for hydroxylation is 1. The van der Waals surface area contributed by atoms with Gasteiger partial charge in [0.15, 0.2) is 0 Å². The Labute approximate surface area is 164 Å². The lowest BCUT2D eigenvalue weighted by Crippen LogP contribution is -2.11. The molecule has 0 atom stereocenters. The number of hydrogen-bond acceptors (Lipinski definition) is 4. The Morgan fingerprint density at radius 3 is 2.71 bits per heavy atom. The summed E-state index contributed by atoms with van der Waals surface area (Å²) < 4.78 is 45.7. The van der Waals surface area contributed by atoms with Gasteiger partial charge in [-0.2, -0.15) is 13.2 Å². The molecule has 4 nitrogen and oxygen atoms in total. The third-order valence-electron chi connectivity index (χ3n) is 4.71. The van der Waals surface area contributed by atoms with Gasteiger partial charge in [-0.1, -0.05) is 11.6 Å². The summed E-state index contributed by atoms with van der Waals surface area (Å²) >= 11 is 1.59. The molecule has 0 aliphatic heterocycles. The minimum atomic E-state index is -4.56. The van der Waals surface area contributed by atoms with Gasteiger partial charge in [-0.25, -0.2) is 4.98 Å². The highest BCUT2D eigenvalue weighted by Gasteiger charge is 2.33. The van der Waals surface area contributed by atoms with E-state index in [1.54, 1.807) is 17.5 Å². The maximum absolute atomic E-state index is 13.3. The van der Waals surface area contributed by atoms with Gasteiger partial charge in [0, 0.05) is 24.4 Å². The molecule has 2 aromatic rings. The monoisotopic (exact) mass is 411 g/mol. The molecule has 1 aliphatic rings. The molecule has 1 heterocycles. The molecule has 1 aromatic heterocycles. The molecule has 0 fully saturated rings. The summed E-state index contributed by atoms with van der Waals surface area (Å²) in [6.45, 7) is 0.256. The average Bonchev–Trinajstić information content (AvgIpc) is 3.30. The molecule has 1 N–H and O–H groups in total. The molecular weight excluding hydrogens is 391 g/mol. The van der Waals surface area contributed by atoms with Gasteiger partial charge in [0.2, 0.25) is 0 Å². The lowest BCUT2D eigenvalue weighted by Gasteiger charge is -2.15. The molecule has 0 bridgehead atoms. The Bertz CT molecular complexity index is 860. The van der Waals surface area contributed by atoms with Gasteiger partial charge in [-0.05, 0) is 49.0 Å². The van der Waals surface area contributed by atoms with Crippen LogP contribution < -0.4 is 4.74 Å². The van der Waals surface area contributed by atoms with Gasteiger partial charge < -0.3 is 9.84 Å². The normalized spacial score (nSPS) is 14.5. The van der Waals surface area contributed by atoms with Crippen LogP contribution in [0.5, 0.6) is 5.75 Å². The number of thiazole rings is 1. The smallest absolute Gasteiger partial charge is 0.416 e. The van der Waals surface area contributed by atoms with Gasteiger partial charge in [0.25, 0.3) is 0 Å². The number of halogens is 3. The van der Waals surface area contributed by atoms with Crippen molar-refractivity contribution >= 4 is 17.3 Å². The van der Waals surface area contributed by atoms with Crippen LogP contribution in [-0.4, -0.2) is 22.7 Å². The Morgan fingerprint density at radius 1 is 1.25 bits per heavy atom. The van der Waals surface area contributed by atoms with E-state index >= 15 is 0 Å². The summed E-state index contributed by atoms with van der Waals surface area (Å²) in [5, 5.41) is 11.7. The molecule has 0 amide bonds. The van der Waals surface area contributed by atoms with Gasteiger partial charge >= 0.3 is 12.1 Å². The van der Waals surface area contributed by atoms with Gasteiger partial charge in [-0.3, -0.25) is 4.79 Å². The Kier molecular flexibility index (Phi) is 6.39. The van der Waals surface area contributed by atoms with Crippen molar-refractivity contribution in [1.29, 1.82) is 0 Å². The number of carboxylic acid groups (broad SMARTS) is 1. The molecular formula is C20H20F3NO3S. The maximum Gasteiger partial charge on any atom is 0.416 e. The SMILES string of the molecule is O=C(O)CCc1ccc(OCC2=C(Cc3nccs3)CCC2)cc1C(F)(F)F. The molecule has 28 heavy (non-hydrogen) atoms. The number of aliphatic carboxylic acids is 1. The zero-order chi connectivity index (χ0) is 20.1. The summed E-state index contributed by atoms with van der Waals surface area (Å²) in [4.78, 5) is 15.0. The fourth-order valence-electron chi connectivity index (χ4n) is 3.32. The van der Waals surface area contributed by atoms with Crippen molar-refractivity contribution in [2.24, 2.45) is 0 Å². The highest BCUT2D eigenvalue weighted by Crippen LogP contribution is 2.36. The quantitative estimate of drug-likeness (QED) is 0.601. The first-order chi connectivity index (χ1) is 13.3. The van der Waals surface area contributed by atoms with Crippen molar-refractivity contribution in [3.63, 3.8) is 0 Å². The highest BCUT2D eigenvalue weighted by atomic mass is 32.1. The van der Waals surface area contributed by atoms with E-state index in [1.807, 2.05) is 5.38 Å². The largest absolute Gasteiger partial charge is 0.489 e. The summed E-state index contributed by atoms with van der Waals surface area (Å²) in [5.74, 6) is -0.992. The second-order valence-electron chi connectivity index (χ2n) is 6.66. The summed E-state index contributed by atoms with van der Waals surface area (Å²) in [6, 6.07) is 3.75. The summed E-state index contributed by atoms with van der Waals surface area (Å²) in [5.41, 5.74) is 1.50. The van der Waals surface area contributed by atoms with Gasteiger partial charge in [0.1, 0.15) is 12.4 Å². The van der Waals surface area contributed by atoms with Crippen molar-refractivity contribution in [1.82, 2.24) is 4.98 Å². The zero-order valence-corrected chi connectivity index (χ0v) is 15.9. The fraction of sp³-hybridized carbons (Fsp3) is 0.400. The number of ether oxygens (including phenoxy) is 1. The van der Waals surface area contributed by atoms with Crippen molar-refractivity contribution in [3.05, 3.63) is 57.1 Å². The van der Waals surface area contributed by atoms with Crippen LogP contribution in [0.1, 0.15) is 41.8 Å². The lowest BCUT2D eigenvalue weighted by molar-refractivity contribution is -0.140. The number of nitrogens with zero attached hydrogens (tertiary/aromatic N) is 1. The first-order valence-corrected chi connectivity index (χ1v) is 9.84. The predicted molar refractivity (Wildman–Crippen MR) is 99.6 cm³/mol. The van der Waals surface area contributed by atoms with Crippen molar-refractivity contribution in [2.75, 3.05) is 6.61 Å². The van der Waals surface area contributed by atoms with Crippen LogP contribution in [0, 0.1) is 0 Å². The van der Waals surface area contributed by atoms with Crippen LogP contribution in [0.2, 0.25) is 0 Å². The van der Waals surface area contributed by atoms with Crippen molar-refractivity contribution < 1.29 is 27.8 Å². The number of rotatable bonds is 8. The Balaban J connectivity index is 1.72. The maximum atomic E-state index is 13.3. The fourth-order valence-corrected chi connectivity index (χ4v) is 3.98. The van der Waals surface area contributed by atoms with E-state index in [4.69, 9.17) is 9.84 Å². The lowest BCUT2D eigenvalue weighted by atomic mass is 10.0. The van der Waals surface area contributed by atoms with E-state index in [0.29, 0.717) is 0 Å².